The summed E-state index contributed by atoms with van der Waals surface area (Å²) in [5.74, 6) is 0.872. The van der Waals surface area contributed by atoms with Gasteiger partial charge in [0.2, 0.25) is 0 Å². The molecule has 0 radical (unpaired) electrons. The lowest BCUT2D eigenvalue weighted by Gasteiger charge is -1.93. The number of rotatable bonds is 6. The molecule has 0 aliphatic heterocycles. The monoisotopic (exact) mass is 175 g/mol. The minimum atomic E-state index is -0.885. The maximum absolute atomic E-state index is 9.97. The highest BCUT2D eigenvalue weighted by Crippen LogP contribution is 2.01. The summed E-state index contributed by atoms with van der Waals surface area (Å²) in [5.41, 5.74) is 5.27. The van der Waals surface area contributed by atoms with Crippen LogP contribution in [-0.4, -0.2) is 29.1 Å². The molecule has 0 amide bonds. The Labute approximate surface area is 70.7 Å². The van der Waals surface area contributed by atoms with E-state index in [1.54, 1.807) is 17.8 Å². The van der Waals surface area contributed by atoms with Crippen LogP contribution in [-0.2, 0) is 4.79 Å². The second-order valence-electron chi connectivity index (χ2n) is 1.96. The van der Waals surface area contributed by atoms with Crippen molar-refractivity contribution in [3.8, 4) is 0 Å². The van der Waals surface area contributed by atoms with Gasteiger partial charge in [0, 0.05) is 11.8 Å². The second kappa shape index (κ2) is 7.63. The molecule has 0 unspecified atom stereocenters. The highest BCUT2D eigenvalue weighted by atomic mass is 32.2. The molecular formula is C7H13NO2S. The van der Waals surface area contributed by atoms with Gasteiger partial charge in [-0.05, 0) is 18.7 Å². The largest absolute Gasteiger partial charge is 0.478 e. The van der Waals surface area contributed by atoms with Crippen LogP contribution in [0.2, 0.25) is 0 Å². The fourth-order valence-electron chi connectivity index (χ4n) is 0.486. The summed E-state index contributed by atoms with van der Waals surface area (Å²) >= 11 is 1.69. The highest BCUT2D eigenvalue weighted by molar-refractivity contribution is 7.99. The standard InChI is InChI=1S/C7H13NO2S/c8-4-2-6-11-5-1-3-7(9)10/h1,3H,2,4-6,8H2,(H,9,10). The Morgan fingerprint density at radius 3 is 2.91 bits per heavy atom. The molecule has 0 bridgehead atoms. The molecule has 11 heavy (non-hydrogen) atoms. The average molecular weight is 175 g/mol. The van der Waals surface area contributed by atoms with E-state index in [2.05, 4.69) is 0 Å². The molecule has 0 saturated heterocycles. The Bertz CT molecular complexity index is 136. The number of carboxylic acid groups (broad SMARTS) is 1. The maximum Gasteiger partial charge on any atom is 0.328 e. The van der Waals surface area contributed by atoms with Crippen LogP contribution in [0.1, 0.15) is 6.42 Å². The van der Waals surface area contributed by atoms with E-state index in [0.29, 0.717) is 6.54 Å². The van der Waals surface area contributed by atoms with Crippen molar-refractivity contribution in [3.63, 3.8) is 0 Å². The van der Waals surface area contributed by atoms with Gasteiger partial charge in [-0.3, -0.25) is 0 Å². The van der Waals surface area contributed by atoms with E-state index < -0.39 is 5.97 Å². The zero-order valence-electron chi connectivity index (χ0n) is 6.32. The van der Waals surface area contributed by atoms with Crippen LogP contribution in [0.15, 0.2) is 12.2 Å². The van der Waals surface area contributed by atoms with E-state index in [1.807, 2.05) is 0 Å². The lowest BCUT2D eigenvalue weighted by atomic mass is 10.5. The van der Waals surface area contributed by atoms with Crippen LogP contribution in [0.4, 0.5) is 0 Å². The number of carboxylic acids is 1. The smallest absolute Gasteiger partial charge is 0.328 e. The summed E-state index contributed by atoms with van der Waals surface area (Å²) in [5, 5.41) is 8.20. The summed E-state index contributed by atoms with van der Waals surface area (Å²) < 4.78 is 0. The van der Waals surface area contributed by atoms with Crippen molar-refractivity contribution in [2.45, 2.75) is 6.42 Å². The second-order valence-corrected chi connectivity index (χ2v) is 3.11. The first-order valence-electron chi connectivity index (χ1n) is 3.44. The topological polar surface area (TPSA) is 63.3 Å². The number of nitrogens with two attached hydrogens (primary N) is 1. The molecule has 4 heteroatoms. The highest BCUT2D eigenvalue weighted by Gasteiger charge is 1.86. The molecule has 3 nitrogen and oxygen atoms in total. The van der Waals surface area contributed by atoms with Crippen molar-refractivity contribution in [1.29, 1.82) is 0 Å². The molecule has 0 saturated carbocycles. The third-order valence-corrected chi connectivity index (χ3v) is 1.97. The van der Waals surface area contributed by atoms with Crippen LogP contribution >= 0.6 is 11.8 Å². The van der Waals surface area contributed by atoms with Crippen molar-refractivity contribution in [1.82, 2.24) is 0 Å². The van der Waals surface area contributed by atoms with E-state index in [4.69, 9.17) is 10.8 Å². The lowest BCUT2D eigenvalue weighted by molar-refractivity contribution is -0.131. The first-order chi connectivity index (χ1) is 5.27. The molecule has 0 atom stereocenters. The lowest BCUT2D eigenvalue weighted by Crippen LogP contribution is -1.99. The fourth-order valence-corrected chi connectivity index (χ4v) is 1.26. The molecule has 0 spiro atoms. The zero-order valence-corrected chi connectivity index (χ0v) is 7.14. The molecule has 0 aliphatic carbocycles. The van der Waals surface area contributed by atoms with Gasteiger partial charge < -0.3 is 10.8 Å². The van der Waals surface area contributed by atoms with Crippen molar-refractivity contribution in [2.24, 2.45) is 5.73 Å². The van der Waals surface area contributed by atoms with E-state index in [-0.39, 0.29) is 0 Å². The molecule has 3 N–H and O–H groups in total. The van der Waals surface area contributed by atoms with Gasteiger partial charge in [-0.25, -0.2) is 4.79 Å². The molecule has 0 heterocycles. The molecule has 0 aromatic rings. The molecule has 0 aromatic carbocycles. The average Bonchev–Trinajstić information content (AvgIpc) is 1.96. The number of hydrogen-bond acceptors (Lipinski definition) is 3. The Morgan fingerprint density at radius 2 is 2.36 bits per heavy atom. The number of aliphatic carboxylic acids is 1. The zero-order chi connectivity index (χ0) is 8.53. The molecule has 64 valence electrons. The van der Waals surface area contributed by atoms with Crippen molar-refractivity contribution in [2.75, 3.05) is 18.1 Å². The van der Waals surface area contributed by atoms with Gasteiger partial charge in [0.25, 0.3) is 0 Å². The van der Waals surface area contributed by atoms with Gasteiger partial charge in [0.05, 0.1) is 0 Å². The summed E-state index contributed by atoms with van der Waals surface area (Å²) in [7, 11) is 0. The SMILES string of the molecule is NCCCSCC=CC(=O)O. The van der Waals surface area contributed by atoms with Crippen LogP contribution in [0.25, 0.3) is 0 Å². The predicted molar refractivity (Wildman–Crippen MR) is 47.8 cm³/mol. The normalized spacial score (nSPS) is 10.6. The van der Waals surface area contributed by atoms with Gasteiger partial charge in [-0.1, -0.05) is 6.08 Å². The first kappa shape index (κ1) is 10.5. The number of hydrogen-bond donors (Lipinski definition) is 2. The number of thioether (sulfide) groups is 1. The maximum atomic E-state index is 9.97. The van der Waals surface area contributed by atoms with Crippen LogP contribution in [0.3, 0.4) is 0 Å². The van der Waals surface area contributed by atoms with E-state index in [9.17, 15) is 4.79 Å². The summed E-state index contributed by atoms with van der Waals surface area (Å²) in [4.78, 5) is 9.97. The molecule has 0 aliphatic rings. The van der Waals surface area contributed by atoms with Gasteiger partial charge >= 0.3 is 5.97 Å². The summed E-state index contributed by atoms with van der Waals surface area (Å²) in [6.07, 6.45) is 3.80. The van der Waals surface area contributed by atoms with Gasteiger partial charge in [-0.15, -0.1) is 0 Å². The Morgan fingerprint density at radius 1 is 1.64 bits per heavy atom. The third kappa shape index (κ3) is 9.52. The third-order valence-electron chi connectivity index (χ3n) is 0.967. The summed E-state index contributed by atoms with van der Waals surface area (Å²) in [6, 6.07) is 0. The summed E-state index contributed by atoms with van der Waals surface area (Å²) in [6.45, 7) is 0.704. The van der Waals surface area contributed by atoms with Crippen LogP contribution < -0.4 is 5.73 Å². The Hall–Kier alpha value is -0.480. The molecule has 0 fully saturated rings. The minimum absolute atomic E-state index is 0.704. The van der Waals surface area contributed by atoms with Crippen LogP contribution in [0, 0.1) is 0 Å². The quantitative estimate of drug-likeness (QED) is 0.461. The Balaban J connectivity index is 3.07. The van der Waals surface area contributed by atoms with Gasteiger partial charge in [-0.2, -0.15) is 11.8 Å². The van der Waals surface area contributed by atoms with E-state index in [1.165, 1.54) is 0 Å². The van der Waals surface area contributed by atoms with E-state index in [0.717, 1.165) is 24.0 Å². The number of carbonyl (C=O) groups is 1. The van der Waals surface area contributed by atoms with Gasteiger partial charge in [0.15, 0.2) is 0 Å². The van der Waals surface area contributed by atoms with Crippen LogP contribution in [0.5, 0.6) is 0 Å². The van der Waals surface area contributed by atoms with Crippen molar-refractivity contribution >= 4 is 17.7 Å². The molecule has 0 aromatic heterocycles. The van der Waals surface area contributed by atoms with Crippen molar-refractivity contribution in [3.05, 3.63) is 12.2 Å². The van der Waals surface area contributed by atoms with Gasteiger partial charge in [0.1, 0.15) is 0 Å². The fraction of sp³-hybridized carbons (Fsp3) is 0.571. The first-order valence-corrected chi connectivity index (χ1v) is 4.60. The Kier molecular flexibility index (Phi) is 7.29. The molecular weight excluding hydrogens is 162 g/mol. The van der Waals surface area contributed by atoms with E-state index >= 15 is 0 Å². The van der Waals surface area contributed by atoms with Crippen molar-refractivity contribution < 1.29 is 9.90 Å². The molecule has 0 rings (SSSR count). The predicted octanol–water partition coefficient (Wildman–Crippen LogP) is 0.709. The minimum Gasteiger partial charge on any atom is -0.478 e.